The van der Waals surface area contributed by atoms with E-state index >= 15 is 0 Å². The normalized spacial score (nSPS) is 14.3. The van der Waals surface area contributed by atoms with Crippen LogP contribution < -0.4 is 15.6 Å². The van der Waals surface area contributed by atoms with Crippen LogP contribution in [0.4, 0.5) is 5.82 Å². The molecule has 0 saturated heterocycles. The Bertz CT molecular complexity index is 1430. The summed E-state index contributed by atoms with van der Waals surface area (Å²) in [7, 11) is 1.84. The van der Waals surface area contributed by atoms with Crippen LogP contribution in [0.25, 0.3) is 11.0 Å². The number of amides is 1. The van der Waals surface area contributed by atoms with E-state index in [0.717, 1.165) is 39.0 Å². The summed E-state index contributed by atoms with van der Waals surface area (Å²) in [6.45, 7) is 10.5. The first kappa shape index (κ1) is 22.0. The highest BCUT2D eigenvalue weighted by molar-refractivity contribution is 5.92. The molecule has 34 heavy (non-hydrogen) atoms. The maximum absolute atomic E-state index is 12.6. The molecule has 0 unspecified atom stereocenters. The number of fused-ring (bicyclic) bond motifs is 2. The van der Waals surface area contributed by atoms with Crippen molar-refractivity contribution in [3.05, 3.63) is 64.0 Å². The van der Waals surface area contributed by atoms with Gasteiger partial charge in [0.1, 0.15) is 11.6 Å². The maximum atomic E-state index is 12.6. The molecule has 0 radical (unpaired) electrons. The van der Waals surface area contributed by atoms with Crippen molar-refractivity contribution in [2.75, 3.05) is 5.43 Å². The van der Waals surface area contributed by atoms with Gasteiger partial charge in [0.2, 0.25) is 0 Å². The van der Waals surface area contributed by atoms with Gasteiger partial charge in [-0.05, 0) is 81.1 Å². The summed E-state index contributed by atoms with van der Waals surface area (Å²) < 4.78 is 19.2. The molecule has 1 amide bonds. The third kappa shape index (κ3) is 3.77. The van der Waals surface area contributed by atoms with Gasteiger partial charge < -0.3 is 13.9 Å². The van der Waals surface area contributed by atoms with Crippen molar-refractivity contribution in [3.8, 4) is 11.7 Å². The summed E-state index contributed by atoms with van der Waals surface area (Å²) in [4.78, 5) is 17.2. The van der Waals surface area contributed by atoms with E-state index in [4.69, 9.17) is 13.9 Å². The molecule has 0 atom stereocenters. The Balaban J connectivity index is 1.29. The van der Waals surface area contributed by atoms with Gasteiger partial charge in [-0.15, -0.1) is 0 Å². The zero-order chi connectivity index (χ0) is 24.2. The molecular weight excluding hydrogens is 434 g/mol. The highest BCUT2D eigenvalue weighted by atomic mass is 16.6. The van der Waals surface area contributed by atoms with E-state index in [0.29, 0.717) is 18.2 Å². The lowest BCUT2D eigenvalue weighted by molar-refractivity contribution is -0.00795. The van der Waals surface area contributed by atoms with Crippen LogP contribution in [0.2, 0.25) is 0 Å². The van der Waals surface area contributed by atoms with Gasteiger partial charge in [0.15, 0.2) is 11.4 Å². The molecule has 3 aromatic heterocycles. The van der Waals surface area contributed by atoms with Crippen LogP contribution in [0.5, 0.6) is 11.7 Å². The van der Waals surface area contributed by atoms with Gasteiger partial charge in [0.25, 0.3) is 5.95 Å². The molecule has 4 heterocycles. The number of carbonyl (C=O) groups excluding carboxylic acids is 1. The summed E-state index contributed by atoms with van der Waals surface area (Å²) in [5.74, 6) is 1.06. The Morgan fingerprint density at radius 1 is 1.15 bits per heavy atom. The Morgan fingerprint density at radius 2 is 1.94 bits per heavy atom. The standard InChI is InChI=1S/C25H27N5O4/c1-13-9-16-12-32-25(4,5)17(16)11-19(13)34-21-8-7-18(33-21)24(31)28-27-20-10-14(2)22-15(3)29-30(6)23(22)26-20/h7-11H,12H2,1-6H3,(H,26,27)(H,28,31). The van der Waals surface area contributed by atoms with Crippen LogP contribution >= 0.6 is 0 Å². The second kappa shape index (κ2) is 7.88. The van der Waals surface area contributed by atoms with Gasteiger partial charge in [-0.2, -0.15) is 5.10 Å². The van der Waals surface area contributed by atoms with Crippen molar-refractivity contribution in [2.45, 2.75) is 46.8 Å². The minimum absolute atomic E-state index is 0.110. The number of benzene rings is 1. The Hall–Kier alpha value is -3.85. The molecular formula is C25H27N5O4. The number of carbonyl (C=O) groups is 1. The van der Waals surface area contributed by atoms with Gasteiger partial charge in [-0.1, -0.05) is 0 Å². The number of nitrogens with one attached hydrogen (secondary N) is 2. The second-order valence-electron chi connectivity index (χ2n) is 9.11. The lowest BCUT2D eigenvalue weighted by Gasteiger charge is -2.19. The summed E-state index contributed by atoms with van der Waals surface area (Å²) in [6, 6.07) is 9.08. The molecule has 0 fully saturated rings. The largest absolute Gasteiger partial charge is 0.426 e. The number of aryl methyl sites for hydroxylation is 4. The van der Waals surface area contributed by atoms with E-state index in [2.05, 4.69) is 27.0 Å². The zero-order valence-electron chi connectivity index (χ0n) is 20.1. The molecule has 0 spiro atoms. The summed E-state index contributed by atoms with van der Waals surface area (Å²) in [6.07, 6.45) is 0. The number of hydrogen-bond acceptors (Lipinski definition) is 7. The Labute approximate surface area is 197 Å². The van der Waals surface area contributed by atoms with Crippen molar-refractivity contribution in [3.63, 3.8) is 0 Å². The molecule has 2 N–H and O–H groups in total. The lowest BCUT2D eigenvalue weighted by atomic mass is 9.94. The molecule has 1 aliphatic heterocycles. The first-order valence-corrected chi connectivity index (χ1v) is 11.1. The highest BCUT2D eigenvalue weighted by Gasteiger charge is 2.32. The molecule has 0 saturated carbocycles. The van der Waals surface area contributed by atoms with Gasteiger partial charge in [-0.25, -0.2) is 4.98 Å². The van der Waals surface area contributed by atoms with E-state index in [9.17, 15) is 4.79 Å². The van der Waals surface area contributed by atoms with Gasteiger partial charge in [0.05, 0.1) is 17.9 Å². The van der Waals surface area contributed by atoms with Gasteiger partial charge >= 0.3 is 5.91 Å². The van der Waals surface area contributed by atoms with E-state index in [1.165, 1.54) is 0 Å². The number of ether oxygens (including phenoxy) is 2. The van der Waals surface area contributed by atoms with E-state index in [1.54, 1.807) is 16.8 Å². The van der Waals surface area contributed by atoms with Crippen LogP contribution in [0, 0.1) is 20.8 Å². The first-order valence-electron chi connectivity index (χ1n) is 11.1. The predicted molar refractivity (Wildman–Crippen MR) is 127 cm³/mol. The average molecular weight is 462 g/mol. The molecule has 4 aromatic rings. The minimum Gasteiger partial charge on any atom is -0.426 e. The minimum atomic E-state index is -0.448. The number of aromatic nitrogens is 3. The lowest BCUT2D eigenvalue weighted by Crippen LogP contribution is -2.29. The summed E-state index contributed by atoms with van der Waals surface area (Å²) >= 11 is 0. The van der Waals surface area contributed by atoms with Gasteiger partial charge in [0, 0.05) is 18.5 Å². The quantitative estimate of drug-likeness (QED) is 0.412. The Morgan fingerprint density at radius 3 is 2.74 bits per heavy atom. The van der Waals surface area contributed by atoms with E-state index < -0.39 is 5.91 Å². The highest BCUT2D eigenvalue weighted by Crippen LogP contribution is 2.40. The molecule has 1 aromatic carbocycles. The van der Waals surface area contributed by atoms with Crippen LogP contribution in [-0.2, 0) is 24.0 Å². The fourth-order valence-electron chi connectivity index (χ4n) is 4.38. The number of furan rings is 1. The third-order valence-electron chi connectivity index (χ3n) is 6.12. The van der Waals surface area contributed by atoms with Crippen LogP contribution in [0.3, 0.4) is 0 Å². The van der Waals surface area contributed by atoms with Crippen LogP contribution in [0.15, 0.2) is 34.7 Å². The predicted octanol–water partition coefficient (Wildman–Crippen LogP) is 4.80. The SMILES string of the molecule is Cc1cc2c(cc1Oc1ccc(C(=O)NNc3cc(C)c4c(C)nn(C)c4n3)o1)C(C)(C)OC2. The van der Waals surface area contributed by atoms with Crippen molar-refractivity contribution in [1.29, 1.82) is 0 Å². The molecule has 9 heteroatoms. The fourth-order valence-corrected chi connectivity index (χ4v) is 4.38. The topological polar surface area (TPSA) is 103 Å². The van der Waals surface area contributed by atoms with E-state index in [-0.39, 0.29) is 17.3 Å². The second-order valence-corrected chi connectivity index (χ2v) is 9.11. The van der Waals surface area contributed by atoms with Gasteiger partial charge in [-0.3, -0.25) is 20.3 Å². The van der Waals surface area contributed by atoms with E-state index in [1.807, 2.05) is 53.8 Å². The van der Waals surface area contributed by atoms with Crippen LogP contribution in [-0.4, -0.2) is 20.7 Å². The molecule has 5 rings (SSSR count). The van der Waals surface area contributed by atoms with Crippen molar-refractivity contribution in [1.82, 2.24) is 20.2 Å². The third-order valence-corrected chi connectivity index (χ3v) is 6.12. The summed E-state index contributed by atoms with van der Waals surface area (Å²) in [5, 5.41) is 5.41. The fraction of sp³-hybridized carbons (Fsp3) is 0.320. The monoisotopic (exact) mass is 461 g/mol. The molecule has 1 aliphatic rings. The molecule has 176 valence electrons. The average Bonchev–Trinajstić information content (AvgIpc) is 3.44. The maximum Gasteiger partial charge on any atom is 0.305 e. The smallest absolute Gasteiger partial charge is 0.305 e. The number of nitrogens with zero attached hydrogens (tertiary/aromatic N) is 3. The number of hydrazine groups is 1. The number of hydrogen-bond donors (Lipinski definition) is 2. The summed E-state index contributed by atoms with van der Waals surface area (Å²) in [5.41, 5.74) is 11.0. The first-order chi connectivity index (χ1) is 16.1. The zero-order valence-corrected chi connectivity index (χ0v) is 20.1. The number of anilines is 1. The number of rotatable bonds is 5. The van der Waals surface area contributed by atoms with Crippen molar-refractivity contribution >= 4 is 22.8 Å². The van der Waals surface area contributed by atoms with Crippen LogP contribution in [0.1, 0.15) is 52.3 Å². The number of pyridine rings is 1. The molecule has 9 nitrogen and oxygen atoms in total. The van der Waals surface area contributed by atoms with Crippen molar-refractivity contribution in [2.24, 2.45) is 7.05 Å². The molecule has 0 bridgehead atoms. The van der Waals surface area contributed by atoms with Crippen molar-refractivity contribution < 1.29 is 18.7 Å². The Kier molecular flexibility index (Phi) is 5.09. The molecule has 0 aliphatic carbocycles.